The van der Waals surface area contributed by atoms with Crippen molar-refractivity contribution in [1.29, 1.82) is 0 Å². The van der Waals surface area contributed by atoms with E-state index < -0.39 is 0 Å². The first-order chi connectivity index (χ1) is 7.79. The quantitative estimate of drug-likeness (QED) is 0.685. The van der Waals surface area contributed by atoms with Crippen LogP contribution in [0.1, 0.15) is 30.6 Å². The van der Waals surface area contributed by atoms with Crippen molar-refractivity contribution in [2.45, 2.75) is 25.8 Å². The molecule has 0 bridgehead atoms. The van der Waals surface area contributed by atoms with E-state index in [9.17, 15) is 5.11 Å². The number of aromatic hydroxyl groups is 1. The lowest BCUT2D eigenvalue weighted by Gasteiger charge is -2.22. The zero-order valence-electron chi connectivity index (χ0n) is 9.38. The highest BCUT2D eigenvalue weighted by Gasteiger charge is 2.22. The van der Waals surface area contributed by atoms with Gasteiger partial charge >= 0.3 is 0 Å². The second kappa shape index (κ2) is 3.52. The Morgan fingerprint density at radius 3 is 3.12 bits per heavy atom. The number of phenols is 1. The van der Waals surface area contributed by atoms with Gasteiger partial charge in [0.1, 0.15) is 5.75 Å². The van der Waals surface area contributed by atoms with E-state index in [0.717, 1.165) is 24.9 Å². The van der Waals surface area contributed by atoms with Gasteiger partial charge in [-0.2, -0.15) is 0 Å². The molecule has 2 aromatic rings. The largest absolute Gasteiger partial charge is 0.508 e. The minimum Gasteiger partial charge on any atom is -0.508 e. The van der Waals surface area contributed by atoms with Crippen LogP contribution >= 0.6 is 0 Å². The van der Waals surface area contributed by atoms with Gasteiger partial charge < -0.3 is 15.4 Å². The lowest BCUT2D eigenvalue weighted by atomic mass is 9.98. The summed E-state index contributed by atoms with van der Waals surface area (Å²) >= 11 is 0. The number of rotatable bonds is 1. The summed E-state index contributed by atoms with van der Waals surface area (Å²) in [4.78, 5) is 3.47. The fraction of sp³-hybridized carbons (Fsp3) is 0.385. The maximum Gasteiger partial charge on any atom is 0.116 e. The maximum atomic E-state index is 9.54. The number of phenolic OH excluding ortho intramolecular Hbond substituents is 1. The standard InChI is InChI=1S/C13H16N2O/c1-2-11-13-9(5-6-14-11)10-7-8(16)3-4-12(10)15-13/h3-4,7,11,14-16H,2,5-6H2,1H3. The Morgan fingerprint density at radius 1 is 1.44 bits per heavy atom. The molecule has 16 heavy (non-hydrogen) atoms. The molecule has 1 aromatic carbocycles. The molecule has 0 spiro atoms. The van der Waals surface area contributed by atoms with Gasteiger partial charge in [0.25, 0.3) is 0 Å². The second-order valence-corrected chi connectivity index (χ2v) is 4.41. The number of benzene rings is 1. The summed E-state index contributed by atoms with van der Waals surface area (Å²) in [5, 5.41) is 14.2. The topological polar surface area (TPSA) is 48.0 Å². The van der Waals surface area contributed by atoms with Crippen LogP contribution in [0.15, 0.2) is 18.2 Å². The van der Waals surface area contributed by atoms with Crippen LogP contribution < -0.4 is 5.32 Å². The first kappa shape index (κ1) is 9.73. The van der Waals surface area contributed by atoms with E-state index >= 15 is 0 Å². The first-order valence-corrected chi connectivity index (χ1v) is 5.86. The van der Waals surface area contributed by atoms with Crippen molar-refractivity contribution < 1.29 is 5.11 Å². The van der Waals surface area contributed by atoms with E-state index in [0.29, 0.717) is 11.8 Å². The van der Waals surface area contributed by atoms with E-state index in [1.165, 1.54) is 16.6 Å². The van der Waals surface area contributed by atoms with Crippen molar-refractivity contribution in [3.8, 4) is 5.75 Å². The predicted octanol–water partition coefficient (Wildman–Crippen LogP) is 2.47. The average Bonchev–Trinajstić information content (AvgIpc) is 2.67. The lowest BCUT2D eigenvalue weighted by molar-refractivity contribution is 0.476. The van der Waals surface area contributed by atoms with E-state index in [-0.39, 0.29) is 0 Å². The summed E-state index contributed by atoms with van der Waals surface area (Å²) in [7, 11) is 0. The molecule has 0 saturated heterocycles. The first-order valence-electron chi connectivity index (χ1n) is 5.86. The minimum atomic E-state index is 0.348. The molecule has 1 atom stereocenters. The number of nitrogens with one attached hydrogen (secondary N) is 2. The number of aromatic nitrogens is 1. The number of hydrogen-bond acceptors (Lipinski definition) is 2. The fourth-order valence-electron chi connectivity index (χ4n) is 2.65. The van der Waals surface area contributed by atoms with Crippen LogP contribution in [0.5, 0.6) is 5.75 Å². The van der Waals surface area contributed by atoms with Crippen molar-refractivity contribution in [3.63, 3.8) is 0 Å². The van der Waals surface area contributed by atoms with Gasteiger partial charge in [-0.05, 0) is 43.1 Å². The fourth-order valence-corrected chi connectivity index (χ4v) is 2.65. The van der Waals surface area contributed by atoms with Crippen LogP contribution in [0.25, 0.3) is 10.9 Å². The van der Waals surface area contributed by atoms with Gasteiger partial charge in [0, 0.05) is 22.6 Å². The van der Waals surface area contributed by atoms with Gasteiger partial charge in [-0.1, -0.05) is 6.92 Å². The van der Waals surface area contributed by atoms with Crippen LogP contribution in [-0.2, 0) is 6.42 Å². The Morgan fingerprint density at radius 2 is 2.31 bits per heavy atom. The molecule has 84 valence electrons. The molecule has 1 aromatic heterocycles. The third-order valence-corrected chi connectivity index (χ3v) is 3.45. The van der Waals surface area contributed by atoms with Gasteiger partial charge in [-0.15, -0.1) is 0 Å². The summed E-state index contributed by atoms with van der Waals surface area (Å²) in [6.07, 6.45) is 2.13. The second-order valence-electron chi connectivity index (χ2n) is 4.41. The highest BCUT2D eigenvalue weighted by atomic mass is 16.3. The van der Waals surface area contributed by atoms with Crippen LogP contribution in [-0.4, -0.2) is 16.6 Å². The number of H-pyrrole nitrogens is 1. The molecule has 0 fully saturated rings. The molecule has 0 amide bonds. The molecule has 0 radical (unpaired) electrons. The predicted molar refractivity (Wildman–Crippen MR) is 64.7 cm³/mol. The third-order valence-electron chi connectivity index (χ3n) is 3.45. The van der Waals surface area contributed by atoms with Crippen LogP contribution in [0, 0.1) is 0 Å². The Hall–Kier alpha value is -1.48. The Labute approximate surface area is 94.5 Å². The summed E-state index contributed by atoms with van der Waals surface area (Å²) in [5.74, 6) is 0.348. The Balaban J connectivity index is 2.24. The molecule has 3 N–H and O–H groups in total. The van der Waals surface area contributed by atoms with Crippen molar-refractivity contribution in [1.82, 2.24) is 10.3 Å². The Bertz CT molecular complexity index is 530. The molecule has 1 aliphatic rings. The van der Waals surface area contributed by atoms with E-state index in [2.05, 4.69) is 17.2 Å². The SMILES string of the molecule is CCC1NCCc2c1[nH]c1ccc(O)cc21. The van der Waals surface area contributed by atoms with Crippen LogP contribution in [0.4, 0.5) is 0 Å². The maximum absolute atomic E-state index is 9.54. The van der Waals surface area contributed by atoms with E-state index in [4.69, 9.17) is 0 Å². The Kier molecular flexibility index (Phi) is 2.14. The molecule has 3 heteroatoms. The number of hydrogen-bond donors (Lipinski definition) is 3. The number of fused-ring (bicyclic) bond motifs is 3. The van der Waals surface area contributed by atoms with Crippen molar-refractivity contribution in [2.75, 3.05) is 6.54 Å². The molecule has 1 aliphatic heterocycles. The van der Waals surface area contributed by atoms with E-state index in [1.54, 1.807) is 6.07 Å². The van der Waals surface area contributed by atoms with E-state index in [1.807, 2.05) is 12.1 Å². The van der Waals surface area contributed by atoms with Gasteiger partial charge in [-0.25, -0.2) is 0 Å². The summed E-state index contributed by atoms with van der Waals surface area (Å²) in [6.45, 7) is 3.21. The normalized spacial score (nSPS) is 19.9. The highest BCUT2D eigenvalue weighted by molar-refractivity contribution is 5.86. The number of aromatic amines is 1. The van der Waals surface area contributed by atoms with Crippen molar-refractivity contribution >= 4 is 10.9 Å². The molecular formula is C13H16N2O. The van der Waals surface area contributed by atoms with Gasteiger partial charge in [-0.3, -0.25) is 0 Å². The third kappa shape index (κ3) is 1.32. The summed E-state index contributed by atoms with van der Waals surface area (Å²) in [5.41, 5.74) is 3.80. The molecular weight excluding hydrogens is 200 g/mol. The lowest BCUT2D eigenvalue weighted by Crippen LogP contribution is -2.29. The zero-order valence-corrected chi connectivity index (χ0v) is 9.38. The molecule has 3 rings (SSSR count). The monoisotopic (exact) mass is 216 g/mol. The molecule has 0 saturated carbocycles. The van der Waals surface area contributed by atoms with Gasteiger partial charge in [0.2, 0.25) is 0 Å². The van der Waals surface area contributed by atoms with Crippen LogP contribution in [0.3, 0.4) is 0 Å². The van der Waals surface area contributed by atoms with Gasteiger partial charge in [0.15, 0.2) is 0 Å². The molecule has 3 nitrogen and oxygen atoms in total. The molecule has 0 aliphatic carbocycles. The summed E-state index contributed by atoms with van der Waals surface area (Å²) < 4.78 is 0. The molecule has 2 heterocycles. The smallest absolute Gasteiger partial charge is 0.116 e. The van der Waals surface area contributed by atoms with Crippen molar-refractivity contribution in [3.05, 3.63) is 29.5 Å². The summed E-state index contributed by atoms with van der Waals surface area (Å²) in [6, 6.07) is 5.98. The average molecular weight is 216 g/mol. The van der Waals surface area contributed by atoms with Gasteiger partial charge in [0.05, 0.1) is 0 Å². The van der Waals surface area contributed by atoms with Crippen LogP contribution in [0.2, 0.25) is 0 Å². The molecule has 1 unspecified atom stereocenters. The van der Waals surface area contributed by atoms with Crippen molar-refractivity contribution in [2.24, 2.45) is 0 Å². The highest BCUT2D eigenvalue weighted by Crippen LogP contribution is 2.32. The zero-order chi connectivity index (χ0) is 11.1. The minimum absolute atomic E-state index is 0.348.